The summed E-state index contributed by atoms with van der Waals surface area (Å²) in [6.07, 6.45) is 2.60. The van der Waals surface area contributed by atoms with Gasteiger partial charge in [-0.25, -0.2) is 4.39 Å². The minimum atomic E-state index is -1.27. The molecule has 1 aromatic rings. The number of rotatable bonds is 1. The summed E-state index contributed by atoms with van der Waals surface area (Å²) >= 11 is 0. The number of ether oxygens (including phenoxy) is 1. The summed E-state index contributed by atoms with van der Waals surface area (Å²) in [5.74, 6) is 0.777. The van der Waals surface area contributed by atoms with Crippen LogP contribution in [0.3, 0.4) is 0 Å². The van der Waals surface area contributed by atoms with Crippen LogP contribution in [0.25, 0.3) is 0 Å². The number of fused-ring (bicyclic) bond motifs is 1. The summed E-state index contributed by atoms with van der Waals surface area (Å²) in [7, 11) is 0. The first-order valence-corrected chi connectivity index (χ1v) is 5.89. The van der Waals surface area contributed by atoms with E-state index in [2.05, 4.69) is 0 Å². The molecule has 2 nitrogen and oxygen atoms in total. The summed E-state index contributed by atoms with van der Waals surface area (Å²) in [6, 6.07) is 5.78. The van der Waals surface area contributed by atoms with Crippen LogP contribution in [-0.2, 0) is 12.1 Å². The zero-order valence-electron chi connectivity index (χ0n) is 9.21. The Morgan fingerprint density at radius 3 is 3.06 bits per heavy atom. The zero-order valence-corrected chi connectivity index (χ0v) is 9.21. The predicted octanol–water partition coefficient (Wildman–Crippen LogP) is 2.30. The Morgan fingerprint density at radius 2 is 2.31 bits per heavy atom. The first-order chi connectivity index (χ1) is 7.69. The van der Waals surface area contributed by atoms with Crippen LogP contribution in [0.2, 0.25) is 0 Å². The van der Waals surface area contributed by atoms with Gasteiger partial charge in [-0.1, -0.05) is 18.2 Å². The van der Waals surface area contributed by atoms with Gasteiger partial charge in [-0.2, -0.15) is 0 Å². The minimum Gasteiger partial charge on any atom is -0.493 e. The summed E-state index contributed by atoms with van der Waals surface area (Å²) in [5, 5.41) is 0. The van der Waals surface area contributed by atoms with Crippen molar-refractivity contribution in [3.05, 3.63) is 29.3 Å². The van der Waals surface area contributed by atoms with E-state index < -0.39 is 5.67 Å². The molecule has 16 heavy (non-hydrogen) atoms. The standard InChI is InChI=1S/C13H16FNO/c14-13(6-4-10(15)8-13)11-3-1-2-9-5-7-16-12(9)11/h1-3,10H,4-8,15H2. The van der Waals surface area contributed by atoms with Gasteiger partial charge in [0.05, 0.1) is 6.61 Å². The molecule has 2 unspecified atom stereocenters. The van der Waals surface area contributed by atoms with Gasteiger partial charge in [0.15, 0.2) is 0 Å². The Bertz CT molecular complexity index is 420. The number of hydrogen-bond acceptors (Lipinski definition) is 2. The number of para-hydroxylation sites is 1. The maximum Gasteiger partial charge on any atom is 0.141 e. The maximum atomic E-state index is 14.8. The van der Waals surface area contributed by atoms with Gasteiger partial charge in [-0.05, 0) is 18.4 Å². The molecule has 0 saturated heterocycles. The van der Waals surface area contributed by atoms with Crippen LogP contribution >= 0.6 is 0 Å². The molecule has 2 atom stereocenters. The van der Waals surface area contributed by atoms with Crippen molar-refractivity contribution < 1.29 is 9.13 Å². The molecule has 0 radical (unpaired) electrons. The van der Waals surface area contributed by atoms with Gasteiger partial charge in [0.1, 0.15) is 11.4 Å². The molecule has 0 amide bonds. The van der Waals surface area contributed by atoms with Gasteiger partial charge in [0.2, 0.25) is 0 Å². The Kier molecular flexibility index (Phi) is 2.18. The topological polar surface area (TPSA) is 35.2 Å². The van der Waals surface area contributed by atoms with Crippen molar-refractivity contribution >= 4 is 0 Å². The fraction of sp³-hybridized carbons (Fsp3) is 0.538. The summed E-state index contributed by atoms with van der Waals surface area (Å²) in [5.41, 5.74) is 6.40. The fourth-order valence-electron chi connectivity index (χ4n) is 2.85. The third-order valence-corrected chi connectivity index (χ3v) is 3.69. The molecule has 1 fully saturated rings. The number of benzene rings is 1. The second-order valence-electron chi connectivity index (χ2n) is 4.86. The molecule has 1 heterocycles. The number of halogens is 1. The van der Waals surface area contributed by atoms with Crippen LogP contribution in [0.15, 0.2) is 18.2 Å². The van der Waals surface area contributed by atoms with E-state index >= 15 is 0 Å². The van der Waals surface area contributed by atoms with E-state index in [1.165, 1.54) is 0 Å². The molecule has 0 bridgehead atoms. The SMILES string of the molecule is NC1CCC(F)(c2cccc3c2OCC3)C1. The predicted molar refractivity (Wildman–Crippen MR) is 60.3 cm³/mol. The van der Waals surface area contributed by atoms with Crippen molar-refractivity contribution in [2.75, 3.05) is 6.61 Å². The van der Waals surface area contributed by atoms with Crippen LogP contribution in [0.1, 0.15) is 30.4 Å². The van der Waals surface area contributed by atoms with Crippen molar-refractivity contribution in [3.63, 3.8) is 0 Å². The molecule has 0 aromatic heterocycles. The van der Waals surface area contributed by atoms with Gasteiger partial charge >= 0.3 is 0 Å². The molecule has 1 aliphatic carbocycles. The molecule has 3 heteroatoms. The summed E-state index contributed by atoms with van der Waals surface area (Å²) in [6.45, 7) is 0.675. The fourth-order valence-corrected chi connectivity index (χ4v) is 2.85. The average molecular weight is 221 g/mol. The smallest absolute Gasteiger partial charge is 0.141 e. The van der Waals surface area contributed by atoms with Crippen molar-refractivity contribution in [1.82, 2.24) is 0 Å². The van der Waals surface area contributed by atoms with Crippen LogP contribution in [0.4, 0.5) is 4.39 Å². The Labute approximate surface area is 94.6 Å². The molecular weight excluding hydrogens is 205 g/mol. The van der Waals surface area contributed by atoms with E-state index in [0.29, 0.717) is 19.4 Å². The molecule has 2 aliphatic rings. The highest BCUT2D eigenvalue weighted by molar-refractivity contribution is 5.47. The minimum absolute atomic E-state index is 0.0118. The van der Waals surface area contributed by atoms with E-state index in [1.54, 1.807) is 0 Å². The molecular formula is C13H16FNO. The molecule has 86 valence electrons. The Balaban J connectivity index is 2.04. The van der Waals surface area contributed by atoms with Gasteiger partial charge in [-0.15, -0.1) is 0 Å². The van der Waals surface area contributed by atoms with Crippen molar-refractivity contribution in [3.8, 4) is 5.75 Å². The van der Waals surface area contributed by atoms with Gasteiger partial charge < -0.3 is 10.5 Å². The van der Waals surface area contributed by atoms with Gasteiger partial charge in [0, 0.05) is 24.4 Å². The third kappa shape index (κ3) is 1.42. The van der Waals surface area contributed by atoms with Crippen LogP contribution < -0.4 is 10.5 Å². The van der Waals surface area contributed by atoms with Crippen molar-refractivity contribution in [2.45, 2.75) is 37.4 Å². The second-order valence-corrected chi connectivity index (χ2v) is 4.86. The van der Waals surface area contributed by atoms with Crippen molar-refractivity contribution in [2.24, 2.45) is 5.73 Å². The molecule has 1 aromatic carbocycles. The van der Waals surface area contributed by atoms with E-state index in [0.717, 1.165) is 29.7 Å². The van der Waals surface area contributed by atoms with Crippen LogP contribution in [0, 0.1) is 0 Å². The summed E-state index contributed by atoms with van der Waals surface area (Å²) < 4.78 is 20.4. The van der Waals surface area contributed by atoms with E-state index in [9.17, 15) is 4.39 Å². The van der Waals surface area contributed by atoms with E-state index in [4.69, 9.17) is 10.5 Å². The second kappa shape index (κ2) is 3.45. The molecule has 1 aliphatic heterocycles. The lowest BCUT2D eigenvalue weighted by atomic mass is 9.91. The number of hydrogen-bond donors (Lipinski definition) is 1. The van der Waals surface area contributed by atoms with Crippen molar-refractivity contribution in [1.29, 1.82) is 0 Å². The highest BCUT2D eigenvalue weighted by Crippen LogP contribution is 2.47. The quantitative estimate of drug-likeness (QED) is 0.789. The number of alkyl halides is 1. The van der Waals surface area contributed by atoms with Gasteiger partial charge in [0.25, 0.3) is 0 Å². The maximum absolute atomic E-state index is 14.8. The number of nitrogens with two attached hydrogens (primary N) is 1. The highest BCUT2D eigenvalue weighted by Gasteiger charge is 2.42. The van der Waals surface area contributed by atoms with Gasteiger partial charge in [-0.3, -0.25) is 0 Å². The molecule has 3 rings (SSSR count). The van der Waals surface area contributed by atoms with Crippen LogP contribution in [-0.4, -0.2) is 12.6 Å². The monoisotopic (exact) mass is 221 g/mol. The van der Waals surface area contributed by atoms with Crippen LogP contribution in [0.5, 0.6) is 5.75 Å². The Morgan fingerprint density at radius 1 is 1.44 bits per heavy atom. The third-order valence-electron chi connectivity index (χ3n) is 3.69. The van der Waals surface area contributed by atoms with E-state index in [1.807, 2.05) is 18.2 Å². The molecule has 2 N–H and O–H groups in total. The molecule has 0 spiro atoms. The lowest BCUT2D eigenvalue weighted by Gasteiger charge is -2.22. The lowest BCUT2D eigenvalue weighted by Crippen LogP contribution is -2.21. The highest BCUT2D eigenvalue weighted by atomic mass is 19.1. The average Bonchev–Trinajstić information content (AvgIpc) is 2.85. The summed E-state index contributed by atoms with van der Waals surface area (Å²) in [4.78, 5) is 0. The first-order valence-electron chi connectivity index (χ1n) is 5.89. The zero-order chi connectivity index (χ0) is 11.2. The largest absolute Gasteiger partial charge is 0.493 e. The molecule has 1 saturated carbocycles. The normalized spacial score (nSPS) is 32.5. The first kappa shape index (κ1) is 10.1. The lowest BCUT2D eigenvalue weighted by molar-refractivity contribution is 0.166. The Hall–Kier alpha value is -1.09. The van der Waals surface area contributed by atoms with E-state index in [-0.39, 0.29) is 6.04 Å².